The SMILES string of the molecule is CCNCCNC(=O)C(c1ccccc1)N(C)CC. The van der Waals surface area contributed by atoms with Crippen LogP contribution >= 0.6 is 0 Å². The summed E-state index contributed by atoms with van der Waals surface area (Å²) in [6.45, 7) is 7.33. The highest BCUT2D eigenvalue weighted by molar-refractivity contribution is 5.83. The lowest BCUT2D eigenvalue weighted by molar-refractivity contribution is -0.126. The summed E-state index contributed by atoms with van der Waals surface area (Å²) in [7, 11) is 1.97. The van der Waals surface area contributed by atoms with Crippen LogP contribution in [-0.2, 0) is 4.79 Å². The van der Waals surface area contributed by atoms with E-state index in [2.05, 4.69) is 29.4 Å². The number of nitrogens with zero attached hydrogens (tertiary/aromatic N) is 1. The van der Waals surface area contributed by atoms with Crippen molar-refractivity contribution in [3.63, 3.8) is 0 Å². The molecule has 0 fully saturated rings. The molecule has 1 amide bonds. The second-order valence-electron chi connectivity index (χ2n) is 4.53. The molecule has 0 bridgehead atoms. The third-order valence-corrected chi connectivity index (χ3v) is 3.15. The quantitative estimate of drug-likeness (QED) is 0.697. The maximum atomic E-state index is 12.3. The first-order valence-corrected chi connectivity index (χ1v) is 6.94. The molecule has 1 aromatic rings. The molecule has 0 aliphatic rings. The monoisotopic (exact) mass is 263 g/mol. The minimum Gasteiger partial charge on any atom is -0.353 e. The van der Waals surface area contributed by atoms with Crippen LogP contribution in [0.5, 0.6) is 0 Å². The topological polar surface area (TPSA) is 44.4 Å². The lowest BCUT2D eigenvalue weighted by atomic mass is 10.0. The summed E-state index contributed by atoms with van der Waals surface area (Å²) in [4.78, 5) is 14.4. The predicted octanol–water partition coefficient (Wildman–Crippen LogP) is 1.41. The second-order valence-corrected chi connectivity index (χ2v) is 4.53. The fraction of sp³-hybridized carbons (Fsp3) is 0.533. The average molecular weight is 263 g/mol. The summed E-state index contributed by atoms with van der Waals surface area (Å²) in [5.74, 6) is 0.0634. The Morgan fingerprint density at radius 2 is 1.89 bits per heavy atom. The zero-order valence-corrected chi connectivity index (χ0v) is 12.1. The first-order valence-electron chi connectivity index (χ1n) is 6.94. The van der Waals surface area contributed by atoms with Gasteiger partial charge < -0.3 is 10.6 Å². The van der Waals surface area contributed by atoms with E-state index in [0.29, 0.717) is 6.54 Å². The third kappa shape index (κ3) is 5.01. The number of hydrogen-bond acceptors (Lipinski definition) is 3. The molecule has 1 rings (SSSR count). The van der Waals surface area contributed by atoms with Crippen molar-refractivity contribution >= 4 is 5.91 Å². The highest BCUT2D eigenvalue weighted by Crippen LogP contribution is 2.18. The summed E-state index contributed by atoms with van der Waals surface area (Å²) in [5, 5.41) is 6.19. The van der Waals surface area contributed by atoms with Crippen LogP contribution in [0.4, 0.5) is 0 Å². The molecule has 1 aromatic carbocycles. The molecule has 4 nitrogen and oxygen atoms in total. The molecule has 0 spiro atoms. The van der Waals surface area contributed by atoms with Crippen molar-refractivity contribution < 1.29 is 4.79 Å². The molecule has 2 N–H and O–H groups in total. The van der Waals surface area contributed by atoms with Crippen LogP contribution in [0, 0.1) is 0 Å². The first-order chi connectivity index (χ1) is 9.20. The smallest absolute Gasteiger partial charge is 0.241 e. The van der Waals surface area contributed by atoms with Crippen LogP contribution in [0.1, 0.15) is 25.5 Å². The van der Waals surface area contributed by atoms with E-state index in [1.54, 1.807) is 0 Å². The molecule has 0 aliphatic carbocycles. The van der Waals surface area contributed by atoms with Crippen LogP contribution in [0.25, 0.3) is 0 Å². The van der Waals surface area contributed by atoms with Gasteiger partial charge in [-0.2, -0.15) is 0 Å². The van der Waals surface area contributed by atoms with Crippen molar-refractivity contribution in [1.82, 2.24) is 15.5 Å². The van der Waals surface area contributed by atoms with Gasteiger partial charge in [-0.1, -0.05) is 44.2 Å². The van der Waals surface area contributed by atoms with Crippen LogP contribution in [-0.4, -0.2) is 44.0 Å². The highest BCUT2D eigenvalue weighted by Gasteiger charge is 2.23. The van der Waals surface area contributed by atoms with Crippen LogP contribution in [0.2, 0.25) is 0 Å². The third-order valence-electron chi connectivity index (χ3n) is 3.15. The molecule has 106 valence electrons. The molecule has 19 heavy (non-hydrogen) atoms. The minimum absolute atomic E-state index is 0.0634. The summed E-state index contributed by atoms with van der Waals surface area (Å²) < 4.78 is 0. The Morgan fingerprint density at radius 1 is 1.21 bits per heavy atom. The van der Waals surface area contributed by atoms with Crippen molar-refractivity contribution in [1.29, 1.82) is 0 Å². The number of carbonyl (C=O) groups excluding carboxylic acids is 1. The van der Waals surface area contributed by atoms with Gasteiger partial charge >= 0.3 is 0 Å². The molecule has 0 aliphatic heterocycles. The van der Waals surface area contributed by atoms with Crippen molar-refractivity contribution in [2.75, 3.05) is 33.2 Å². The Labute approximate surface area is 116 Å². The van der Waals surface area contributed by atoms with Gasteiger partial charge in [0.25, 0.3) is 0 Å². The largest absolute Gasteiger partial charge is 0.353 e. The lowest BCUT2D eigenvalue weighted by Crippen LogP contribution is -2.41. The Kier molecular flexibility index (Phi) is 7.15. The van der Waals surface area contributed by atoms with Gasteiger partial charge in [-0.3, -0.25) is 9.69 Å². The zero-order valence-electron chi connectivity index (χ0n) is 12.1. The van der Waals surface area contributed by atoms with E-state index in [9.17, 15) is 4.79 Å². The molecule has 0 radical (unpaired) electrons. The Hall–Kier alpha value is -1.39. The molecule has 1 atom stereocenters. The second kappa shape index (κ2) is 8.67. The molecule has 0 heterocycles. The van der Waals surface area contributed by atoms with E-state index < -0.39 is 0 Å². The van der Waals surface area contributed by atoms with Crippen molar-refractivity contribution in [3.8, 4) is 0 Å². The average Bonchev–Trinajstić information content (AvgIpc) is 2.45. The van der Waals surface area contributed by atoms with Gasteiger partial charge in [-0.25, -0.2) is 0 Å². The fourth-order valence-corrected chi connectivity index (χ4v) is 1.97. The van der Waals surface area contributed by atoms with Gasteiger partial charge in [-0.15, -0.1) is 0 Å². The summed E-state index contributed by atoms with van der Waals surface area (Å²) in [5.41, 5.74) is 1.04. The standard InChI is InChI=1S/C15H25N3O/c1-4-16-11-12-17-15(19)14(18(3)5-2)13-9-7-6-8-10-13/h6-10,14,16H,4-5,11-12H2,1-3H3,(H,17,19). The van der Waals surface area contributed by atoms with Gasteiger partial charge in [0, 0.05) is 13.1 Å². The van der Waals surface area contributed by atoms with Crippen LogP contribution < -0.4 is 10.6 Å². The molecule has 4 heteroatoms. The molecule has 0 saturated carbocycles. The van der Waals surface area contributed by atoms with Gasteiger partial charge in [-0.05, 0) is 25.7 Å². The molecular weight excluding hydrogens is 238 g/mol. The maximum absolute atomic E-state index is 12.3. The van der Waals surface area contributed by atoms with E-state index in [1.165, 1.54) is 0 Å². The number of rotatable bonds is 8. The van der Waals surface area contributed by atoms with Crippen molar-refractivity contribution in [3.05, 3.63) is 35.9 Å². The fourth-order valence-electron chi connectivity index (χ4n) is 1.97. The summed E-state index contributed by atoms with van der Waals surface area (Å²) in [6.07, 6.45) is 0. The maximum Gasteiger partial charge on any atom is 0.241 e. The molecule has 0 aromatic heterocycles. The van der Waals surface area contributed by atoms with Crippen LogP contribution in [0.3, 0.4) is 0 Å². The Bertz CT molecular complexity index is 367. The molecule has 1 unspecified atom stereocenters. The summed E-state index contributed by atoms with van der Waals surface area (Å²) in [6, 6.07) is 9.69. The van der Waals surface area contributed by atoms with E-state index in [1.807, 2.05) is 37.4 Å². The van der Waals surface area contributed by atoms with Gasteiger partial charge in [0.1, 0.15) is 6.04 Å². The molecule has 0 saturated heterocycles. The number of likely N-dealkylation sites (N-methyl/N-ethyl adjacent to an activating group) is 2. The van der Waals surface area contributed by atoms with E-state index in [0.717, 1.165) is 25.2 Å². The van der Waals surface area contributed by atoms with E-state index in [4.69, 9.17) is 0 Å². The summed E-state index contributed by atoms with van der Waals surface area (Å²) >= 11 is 0. The number of hydrogen-bond donors (Lipinski definition) is 2. The van der Waals surface area contributed by atoms with Crippen molar-refractivity contribution in [2.45, 2.75) is 19.9 Å². The van der Waals surface area contributed by atoms with Gasteiger partial charge in [0.05, 0.1) is 0 Å². The number of carbonyl (C=O) groups is 1. The number of nitrogens with one attached hydrogen (secondary N) is 2. The lowest BCUT2D eigenvalue weighted by Gasteiger charge is -2.26. The van der Waals surface area contributed by atoms with Gasteiger partial charge in [0.15, 0.2) is 0 Å². The van der Waals surface area contributed by atoms with E-state index in [-0.39, 0.29) is 11.9 Å². The van der Waals surface area contributed by atoms with Crippen molar-refractivity contribution in [2.24, 2.45) is 0 Å². The minimum atomic E-state index is -0.215. The first kappa shape index (κ1) is 15.7. The number of benzene rings is 1. The normalized spacial score (nSPS) is 12.4. The van der Waals surface area contributed by atoms with E-state index >= 15 is 0 Å². The molecular formula is C15H25N3O. The Morgan fingerprint density at radius 3 is 2.47 bits per heavy atom. The zero-order chi connectivity index (χ0) is 14.1. The Balaban J connectivity index is 2.67. The van der Waals surface area contributed by atoms with Crippen LogP contribution in [0.15, 0.2) is 30.3 Å². The number of amides is 1. The predicted molar refractivity (Wildman–Crippen MR) is 79.0 cm³/mol. The highest BCUT2D eigenvalue weighted by atomic mass is 16.2. The van der Waals surface area contributed by atoms with Gasteiger partial charge in [0.2, 0.25) is 5.91 Å².